The highest BCUT2D eigenvalue weighted by Crippen LogP contribution is 2.16. The van der Waals surface area contributed by atoms with Gasteiger partial charge in [-0.3, -0.25) is 9.48 Å². The Morgan fingerprint density at radius 3 is 2.65 bits per heavy atom. The van der Waals surface area contributed by atoms with E-state index in [1.807, 2.05) is 16.9 Å². The largest absolute Gasteiger partial charge is 0.348 e. The van der Waals surface area contributed by atoms with Gasteiger partial charge in [-0.2, -0.15) is 5.10 Å². The highest BCUT2D eigenvalue weighted by atomic mass is 35.5. The first-order chi connectivity index (χ1) is 11.6. The van der Waals surface area contributed by atoms with E-state index in [4.69, 9.17) is 0 Å². The Bertz CT molecular complexity index is 537. The number of hydrogen-bond donors (Lipinski definition) is 2. The fourth-order valence-electron chi connectivity index (χ4n) is 3.76. The predicted octanol–water partition coefficient (Wildman–Crippen LogP) is 2.50. The Balaban J connectivity index is 0.00000169. The third-order valence-electron chi connectivity index (χ3n) is 5.03. The van der Waals surface area contributed by atoms with Gasteiger partial charge in [-0.1, -0.05) is 13.8 Å². The van der Waals surface area contributed by atoms with Crippen molar-refractivity contribution in [2.45, 2.75) is 51.6 Å². The monoisotopic (exact) mass is 405 g/mol. The second-order valence-corrected chi connectivity index (χ2v) is 7.62. The van der Waals surface area contributed by atoms with Crippen LogP contribution in [-0.2, 0) is 0 Å². The molecule has 2 saturated heterocycles. The number of nitrogens with zero attached hydrogens (tertiary/aromatic N) is 3. The van der Waals surface area contributed by atoms with E-state index in [2.05, 4.69) is 34.5 Å². The molecule has 1 atom stereocenters. The molecule has 2 aliphatic rings. The third kappa shape index (κ3) is 6.41. The van der Waals surface area contributed by atoms with Crippen molar-refractivity contribution in [3.05, 3.63) is 18.0 Å². The molecule has 0 saturated carbocycles. The Hall–Kier alpha value is -0.820. The van der Waals surface area contributed by atoms with Crippen LogP contribution in [0.5, 0.6) is 0 Å². The van der Waals surface area contributed by atoms with Crippen LogP contribution < -0.4 is 10.6 Å². The van der Waals surface area contributed by atoms with Crippen molar-refractivity contribution in [2.75, 3.05) is 32.7 Å². The van der Waals surface area contributed by atoms with Crippen molar-refractivity contribution < 1.29 is 4.79 Å². The topological polar surface area (TPSA) is 62.2 Å². The smallest absolute Gasteiger partial charge is 0.271 e. The molecule has 2 aliphatic heterocycles. The molecule has 0 radical (unpaired) electrons. The maximum Gasteiger partial charge on any atom is 0.271 e. The molecule has 0 aliphatic carbocycles. The maximum atomic E-state index is 12.5. The predicted molar refractivity (Wildman–Crippen MR) is 110 cm³/mol. The number of rotatable bonds is 5. The molecule has 0 aromatic carbocycles. The number of aromatic nitrogens is 2. The quantitative estimate of drug-likeness (QED) is 0.789. The lowest BCUT2D eigenvalue weighted by Crippen LogP contribution is -2.45. The SMILES string of the molecule is CC(C)CN1CCC(NC(=O)c2ccn(C3CCCNC3)n2)CC1.Cl.Cl. The minimum atomic E-state index is -0.0279. The van der Waals surface area contributed by atoms with Gasteiger partial charge in [-0.05, 0) is 44.2 Å². The van der Waals surface area contributed by atoms with Gasteiger partial charge < -0.3 is 15.5 Å². The van der Waals surface area contributed by atoms with Crippen LogP contribution in [0.15, 0.2) is 12.3 Å². The van der Waals surface area contributed by atoms with Gasteiger partial charge in [0.1, 0.15) is 5.69 Å². The minimum Gasteiger partial charge on any atom is -0.348 e. The third-order valence-corrected chi connectivity index (χ3v) is 5.03. The normalized spacial score (nSPS) is 21.7. The fraction of sp³-hybridized carbons (Fsp3) is 0.778. The summed E-state index contributed by atoms with van der Waals surface area (Å²) in [6.45, 7) is 9.84. The zero-order valence-electron chi connectivity index (χ0n) is 15.8. The molecule has 1 aromatic rings. The first-order valence-corrected chi connectivity index (χ1v) is 9.41. The Morgan fingerprint density at radius 1 is 1.31 bits per heavy atom. The molecule has 2 N–H and O–H groups in total. The Labute approximate surface area is 169 Å². The summed E-state index contributed by atoms with van der Waals surface area (Å²) >= 11 is 0. The van der Waals surface area contributed by atoms with E-state index in [9.17, 15) is 4.79 Å². The van der Waals surface area contributed by atoms with E-state index in [1.54, 1.807) is 0 Å². The van der Waals surface area contributed by atoms with Crippen LogP contribution in [0.3, 0.4) is 0 Å². The second kappa shape index (κ2) is 11.1. The highest BCUT2D eigenvalue weighted by molar-refractivity contribution is 5.92. The van der Waals surface area contributed by atoms with Gasteiger partial charge in [-0.25, -0.2) is 0 Å². The zero-order valence-corrected chi connectivity index (χ0v) is 17.5. The molecule has 0 bridgehead atoms. The molecule has 3 heterocycles. The van der Waals surface area contributed by atoms with Gasteiger partial charge >= 0.3 is 0 Å². The maximum absolute atomic E-state index is 12.5. The second-order valence-electron chi connectivity index (χ2n) is 7.62. The molecule has 8 heteroatoms. The summed E-state index contributed by atoms with van der Waals surface area (Å²) in [7, 11) is 0. The summed E-state index contributed by atoms with van der Waals surface area (Å²) in [5.74, 6) is 0.675. The number of carbonyl (C=O) groups excluding carboxylic acids is 1. The number of nitrogens with one attached hydrogen (secondary N) is 2. The number of halogens is 2. The molecule has 1 amide bonds. The van der Waals surface area contributed by atoms with Crippen molar-refractivity contribution in [3.8, 4) is 0 Å². The minimum absolute atomic E-state index is 0. The molecule has 1 aromatic heterocycles. The van der Waals surface area contributed by atoms with Crippen molar-refractivity contribution in [1.82, 2.24) is 25.3 Å². The van der Waals surface area contributed by atoms with Crippen molar-refractivity contribution >= 4 is 30.7 Å². The van der Waals surface area contributed by atoms with Crippen LogP contribution in [0.4, 0.5) is 0 Å². The molecule has 3 rings (SSSR count). The summed E-state index contributed by atoms with van der Waals surface area (Å²) in [4.78, 5) is 15.0. The van der Waals surface area contributed by atoms with Gasteiger partial charge in [0, 0.05) is 38.4 Å². The summed E-state index contributed by atoms with van der Waals surface area (Å²) in [5, 5.41) is 11.1. The lowest BCUT2D eigenvalue weighted by molar-refractivity contribution is 0.0901. The van der Waals surface area contributed by atoms with Crippen LogP contribution in [0.2, 0.25) is 0 Å². The summed E-state index contributed by atoms with van der Waals surface area (Å²) in [5.41, 5.74) is 0.546. The summed E-state index contributed by atoms with van der Waals surface area (Å²) < 4.78 is 1.95. The first-order valence-electron chi connectivity index (χ1n) is 9.41. The lowest BCUT2D eigenvalue weighted by Gasteiger charge is -2.33. The molecule has 26 heavy (non-hydrogen) atoms. The van der Waals surface area contributed by atoms with E-state index < -0.39 is 0 Å². The van der Waals surface area contributed by atoms with Gasteiger partial charge in [0.2, 0.25) is 0 Å². The lowest BCUT2D eigenvalue weighted by atomic mass is 10.0. The average Bonchev–Trinajstić information content (AvgIpc) is 3.07. The summed E-state index contributed by atoms with van der Waals surface area (Å²) in [6, 6.07) is 2.50. The Morgan fingerprint density at radius 2 is 2.04 bits per heavy atom. The molecule has 0 spiro atoms. The molecule has 2 fully saturated rings. The van der Waals surface area contributed by atoms with Gasteiger partial charge in [0.15, 0.2) is 0 Å². The van der Waals surface area contributed by atoms with Crippen LogP contribution in [0.1, 0.15) is 56.1 Å². The molecule has 6 nitrogen and oxygen atoms in total. The van der Waals surface area contributed by atoms with E-state index in [1.165, 1.54) is 6.42 Å². The first kappa shape index (κ1) is 23.2. The van der Waals surface area contributed by atoms with Gasteiger partial charge in [0.25, 0.3) is 5.91 Å². The van der Waals surface area contributed by atoms with Gasteiger partial charge in [-0.15, -0.1) is 24.8 Å². The van der Waals surface area contributed by atoms with Crippen LogP contribution in [-0.4, -0.2) is 59.4 Å². The molecular weight excluding hydrogens is 373 g/mol. The van der Waals surface area contributed by atoms with Crippen molar-refractivity contribution in [3.63, 3.8) is 0 Å². The van der Waals surface area contributed by atoms with E-state index in [0.29, 0.717) is 17.7 Å². The number of piperidine rings is 2. The van der Waals surface area contributed by atoms with E-state index >= 15 is 0 Å². The number of carbonyl (C=O) groups is 1. The highest BCUT2D eigenvalue weighted by Gasteiger charge is 2.23. The number of hydrogen-bond acceptors (Lipinski definition) is 4. The number of amides is 1. The van der Waals surface area contributed by atoms with Crippen molar-refractivity contribution in [1.29, 1.82) is 0 Å². The van der Waals surface area contributed by atoms with E-state index in [-0.39, 0.29) is 36.8 Å². The van der Waals surface area contributed by atoms with Gasteiger partial charge in [0.05, 0.1) is 6.04 Å². The Kier molecular flexibility index (Phi) is 9.93. The number of likely N-dealkylation sites (tertiary alicyclic amines) is 1. The average molecular weight is 406 g/mol. The van der Waals surface area contributed by atoms with Crippen LogP contribution in [0, 0.1) is 5.92 Å². The van der Waals surface area contributed by atoms with Crippen molar-refractivity contribution in [2.24, 2.45) is 5.92 Å². The molecule has 150 valence electrons. The molecular formula is C18H33Cl2N5O. The van der Waals surface area contributed by atoms with Crippen LogP contribution >= 0.6 is 24.8 Å². The van der Waals surface area contributed by atoms with Crippen LogP contribution in [0.25, 0.3) is 0 Å². The zero-order chi connectivity index (χ0) is 16.9. The fourth-order valence-corrected chi connectivity index (χ4v) is 3.76. The summed E-state index contributed by atoms with van der Waals surface area (Å²) in [6.07, 6.45) is 6.31. The van der Waals surface area contributed by atoms with E-state index in [0.717, 1.165) is 52.0 Å². The molecule has 1 unspecified atom stereocenters. The standard InChI is InChI=1S/C18H31N5O.2ClH/c1-14(2)13-22-9-5-15(6-10-22)20-18(24)17-7-11-23(21-17)16-4-3-8-19-12-16;;/h7,11,14-16,19H,3-6,8-10,12-13H2,1-2H3,(H,20,24);2*1H.